The average molecular weight is 407 g/mol. The van der Waals surface area contributed by atoms with Crippen LogP contribution in [0.5, 0.6) is 0 Å². The summed E-state index contributed by atoms with van der Waals surface area (Å²) in [5.74, 6) is 1.02. The Balaban J connectivity index is 0.000000438. The molecular weight excluding hydrogens is 368 g/mol. The van der Waals surface area contributed by atoms with E-state index in [4.69, 9.17) is 0 Å². The van der Waals surface area contributed by atoms with Crippen LogP contribution in [-0.4, -0.2) is 0 Å². The van der Waals surface area contributed by atoms with Crippen molar-refractivity contribution in [2.45, 2.75) is 71.8 Å². The van der Waals surface area contributed by atoms with Crippen LogP contribution in [0.25, 0.3) is 11.6 Å². The molecule has 3 rings (SSSR count). The van der Waals surface area contributed by atoms with Crippen LogP contribution in [0.1, 0.15) is 82.2 Å². The van der Waals surface area contributed by atoms with Crippen molar-refractivity contribution in [1.29, 1.82) is 0 Å². The maximum absolute atomic E-state index is 4.13. The van der Waals surface area contributed by atoms with Crippen LogP contribution in [0.2, 0.25) is 0 Å². The summed E-state index contributed by atoms with van der Waals surface area (Å²) in [6, 6.07) is 15.3. The largest absolute Gasteiger partial charge is 0.145 e. The number of benzene rings is 2. The minimum Gasteiger partial charge on any atom is -0.145 e. The van der Waals surface area contributed by atoms with Crippen molar-refractivity contribution < 1.29 is 0 Å². The van der Waals surface area contributed by atoms with Gasteiger partial charge in [0.05, 0.1) is 0 Å². The molecule has 0 amide bonds. The lowest BCUT2D eigenvalue weighted by Crippen LogP contribution is -2.22. The predicted molar refractivity (Wildman–Crippen MR) is 134 cm³/mol. The molecule has 0 nitrogen and oxygen atoms in total. The first-order valence-corrected chi connectivity index (χ1v) is 11.7. The summed E-state index contributed by atoms with van der Waals surface area (Å²) in [6.45, 7) is 19.8. The van der Waals surface area contributed by atoms with Crippen molar-refractivity contribution in [2.24, 2.45) is 5.41 Å². The van der Waals surface area contributed by atoms with E-state index in [-0.39, 0.29) is 4.75 Å². The molecule has 0 radical (unpaired) electrons. The van der Waals surface area contributed by atoms with E-state index in [0.29, 0.717) is 5.41 Å². The standard InChI is InChI=1S/C22H24S.C6H14/c1-16(2)20-13-6-5-10-19(20)15-23-22(4)14-8-12-18-11-7-9-17(3)21(18)22;1-5-6(2,3)4/h5-13H,1,14-15H2,2-4H3;5H2,1-4H3. The minimum absolute atomic E-state index is 0.137. The summed E-state index contributed by atoms with van der Waals surface area (Å²) in [6.07, 6.45) is 6.95. The second-order valence-corrected chi connectivity index (χ2v) is 11.0. The van der Waals surface area contributed by atoms with Crippen molar-refractivity contribution in [3.05, 3.63) is 82.9 Å². The third kappa shape index (κ3) is 6.37. The Morgan fingerprint density at radius 1 is 1.10 bits per heavy atom. The van der Waals surface area contributed by atoms with Gasteiger partial charge in [-0.05, 0) is 60.4 Å². The number of rotatable bonds is 4. The molecule has 2 aromatic rings. The van der Waals surface area contributed by atoms with Crippen LogP contribution < -0.4 is 0 Å². The smallest absolute Gasteiger partial charge is 0.0426 e. The lowest BCUT2D eigenvalue weighted by molar-refractivity contribution is 0.398. The van der Waals surface area contributed by atoms with Gasteiger partial charge in [-0.25, -0.2) is 0 Å². The SMILES string of the molecule is C=C(C)c1ccccc1CSC1(C)CC=Cc2cccc(C)c21.CCC(C)(C)C. The maximum Gasteiger partial charge on any atom is 0.0426 e. The van der Waals surface area contributed by atoms with E-state index in [1.165, 1.54) is 34.2 Å². The highest BCUT2D eigenvalue weighted by Gasteiger charge is 2.31. The molecule has 29 heavy (non-hydrogen) atoms. The highest BCUT2D eigenvalue weighted by Crippen LogP contribution is 2.47. The van der Waals surface area contributed by atoms with Crippen molar-refractivity contribution in [1.82, 2.24) is 0 Å². The highest BCUT2D eigenvalue weighted by molar-refractivity contribution is 7.99. The molecule has 0 saturated heterocycles. The van der Waals surface area contributed by atoms with Crippen LogP contribution >= 0.6 is 11.8 Å². The molecule has 1 aliphatic rings. The Labute approximate surface area is 183 Å². The maximum atomic E-state index is 4.13. The highest BCUT2D eigenvalue weighted by atomic mass is 32.2. The zero-order chi connectivity index (χ0) is 21.7. The quantitative estimate of drug-likeness (QED) is 0.488. The Morgan fingerprint density at radius 2 is 1.76 bits per heavy atom. The Kier molecular flexibility index (Phi) is 8.00. The van der Waals surface area contributed by atoms with Gasteiger partial charge in [-0.15, -0.1) is 11.8 Å². The second kappa shape index (κ2) is 9.85. The number of fused-ring (bicyclic) bond motifs is 1. The van der Waals surface area contributed by atoms with Crippen LogP contribution in [0, 0.1) is 12.3 Å². The second-order valence-electron chi connectivity index (χ2n) is 9.52. The first-order valence-electron chi connectivity index (χ1n) is 10.7. The van der Waals surface area contributed by atoms with Gasteiger partial charge < -0.3 is 0 Å². The zero-order valence-corrected chi connectivity index (χ0v) is 20.2. The number of thioether (sulfide) groups is 1. The fraction of sp³-hybridized carbons (Fsp3) is 0.429. The lowest BCUT2D eigenvalue weighted by atomic mass is 9.84. The summed E-state index contributed by atoms with van der Waals surface area (Å²) in [5.41, 5.74) is 8.64. The normalized spacial score (nSPS) is 17.9. The first kappa shape index (κ1) is 23.5. The molecule has 1 aliphatic carbocycles. The van der Waals surface area contributed by atoms with E-state index in [1.807, 2.05) is 11.8 Å². The third-order valence-corrected chi connectivity index (χ3v) is 7.19. The van der Waals surface area contributed by atoms with Crippen LogP contribution in [0.4, 0.5) is 0 Å². The number of hydrogen-bond acceptors (Lipinski definition) is 1. The minimum atomic E-state index is 0.137. The molecule has 0 bridgehead atoms. The number of hydrogen-bond donors (Lipinski definition) is 0. The number of aryl methyl sites for hydroxylation is 1. The van der Waals surface area contributed by atoms with Gasteiger partial charge in [-0.1, -0.05) is 101 Å². The molecule has 0 spiro atoms. The fourth-order valence-electron chi connectivity index (χ4n) is 3.50. The molecule has 156 valence electrons. The first-order chi connectivity index (χ1) is 13.6. The average Bonchev–Trinajstić information content (AvgIpc) is 2.67. The molecule has 0 fully saturated rings. The summed E-state index contributed by atoms with van der Waals surface area (Å²) in [7, 11) is 0. The predicted octanol–water partition coefficient (Wildman–Crippen LogP) is 9.04. The van der Waals surface area contributed by atoms with E-state index in [2.05, 4.69) is 110 Å². The fourth-order valence-corrected chi connectivity index (χ4v) is 4.86. The van der Waals surface area contributed by atoms with Gasteiger partial charge in [0.2, 0.25) is 0 Å². The van der Waals surface area contributed by atoms with E-state index in [1.54, 1.807) is 0 Å². The van der Waals surface area contributed by atoms with Crippen molar-refractivity contribution >= 4 is 23.4 Å². The molecule has 0 aliphatic heterocycles. The third-order valence-electron chi connectivity index (χ3n) is 5.72. The van der Waals surface area contributed by atoms with Crippen LogP contribution in [0.15, 0.2) is 55.1 Å². The molecule has 2 aromatic carbocycles. The summed E-state index contributed by atoms with van der Waals surface area (Å²) in [5, 5.41) is 0. The van der Waals surface area contributed by atoms with Gasteiger partial charge in [-0.2, -0.15) is 0 Å². The van der Waals surface area contributed by atoms with Crippen LogP contribution in [0.3, 0.4) is 0 Å². The molecule has 0 aromatic heterocycles. The van der Waals surface area contributed by atoms with Gasteiger partial charge in [-0.3, -0.25) is 0 Å². The van der Waals surface area contributed by atoms with E-state index >= 15 is 0 Å². The van der Waals surface area contributed by atoms with Gasteiger partial charge >= 0.3 is 0 Å². The van der Waals surface area contributed by atoms with Gasteiger partial charge in [0.1, 0.15) is 0 Å². The van der Waals surface area contributed by atoms with E-state index in [0.717, 1.165) is 17.7 Å². The summed E-state index contributed by atoms with van der Waals surface area (Å²) < 4.78 is 0.137. The lowest BCUT2D eigenvalue weighted by Gasteiger charge is -2.34. The molecular formula is C28H38S. The summed E-state index contributed by atoms with van der Waals surface area (Å²) in [4.78, 5) is 0. The Bertz CT molecular complexity index is 866. The van der Waals surface area contributed by atoms with Crippen molar-refractivity contribution in [3.8, 4) is 0 Å². The van der Waals surface area contributed by atoms with Crippen LogP contribution in [-0.2, 0) is 10.5 Å². The Hall–Kier alpha value is -1.73. The topological polar surface area (TPSA) is 0 Å². The molecule has 0 N–H and O–H groups in total. The van der Waals surface area contributed by atoms with Crippen molar-refractivity contribution in [3.63, 3.8) is 0 Å². The summed E-state index contributed by atoms with van der Waals surface area (Å²) >= 11 is 2.05. The molecule has 1 unspecified atom stereocenters. The van der Waals surface area contributed by atoms with E-state index < -0.39 is 0 Å². The Morgan fingerprint density at radius 3 is 2.38 bits per heavy atom. The van der Waals surface area contributed by atoms with Gasteiger partial charge in [0.25, 0.3) is 0 Å². The molecule has 1 heteroatoms. The molecule has 0 heterocycles. The van der Waals surface area contributed by atoms with E-state index in [9.17, 15) is 0 Å². The zero-order valence-electron chi connectivity index (χ0n) is 19.4. The molecule has 1 atom stereocenters. The van der Waals surface area contributed by atoms with Gasteiger partial charge in [0, 0.05) is 10.5 Å². The monoisotopic (exact) mass is 406 g/mol. The number of allylic oxidation sites excluding steroid dienone is 2. The van der Waals surface area contributed by atoms with Gasteiger partial charge in [0.15, 0.2) is 0 Å². The molecule has 0 saturated carbocycles. The van der Waals surface area contributed by atoms with Crippen molar-refractivity contribution in [2.75, 3.05) is 0 Å².